The zero-order chi connectivity index (χ0) is 21.1. The largest absolute Gasteiger partial charge is 0.493 e. The fraction of sp³-hybridized carbons (Fsp3) is 0.238. The van der Waals surface area contributed by atoms with E-state index in [-0.39, 0.29) is 29.6 Å². The second-order valence-corrected chi connectivity index (χ2v) is 8.72. The van der Waals surface area contributed by atoms with Crippen molar-refractivity contribution in [2.24, 2.45) is 0 Å². The van der Waals surface area contributed by atoms with Crippen molar-refractivity contribution in [3.8, 4) is 11.5 Å². The predicted molar refractivity (Wildman–Crippen MR) is 119 cm³/mol. The Morgan fingerprint density at radius 2 is 1.97 bits per heavy atom. The highest BCUT2D eigenvalue weighted by atomic mass is 127. The minimum absolute atomic E-state index is 0.0612. The molecule has 2 aromatic rings. The molecule has 1 aliphatic rings. The van der Waals surface area contributed by atoms with Gasteiger partial charge in [-0.25, -0.2) is 4.39 Å². The molecule has 0 radical (unpaired) electrons. The Bertz CT molecular complexity index is 993. The van der Waals surface area contributed by atoms with Gasteiger partial charge in [-0.1, -0.05) is 18.2 Å². The summed E-state index contributed by atoms with van der Waals surface area (Å²) in [5, 5.41) is -0.275. The number of nitrogens with zero attached hydrogens (tertiary/aromatic N) is 1. The molecule has 0 saturated carbocycles. The fourth-order valence-corrected chi connectivity index (χ4v) is 4.55. The van der Waals surface area contributed by atoms with E-state index < -0.39 is 0 Å². The average molecular weight is 527 g/mol. The summed E-state index contributed by atoms with van der Waals surface area (Å²) < 4.78 is 25.8. The smallest absolute Gasteiger partial charge is 0.293 e. The number of halogens is 2. The number of ether oxygens (including phenoxy) is 2. The Labute approximate surface area is 186 Å². The summed E-state index contributed by atoms with van der Waals surface area (Å²) in [5.74, 6) is 0.314. The van der Waals surface area contributed by atoms with Crippen LogP contribution < -0.4 is 9.47 Å². The lowest BCUT2D eigenvalue weighted by Crippen LogP contribution is -2.34. The van der Waals surface area contributed by atoms with Gasteiger partial charge in [0.15, 0.2) is 11.5 Å². The molecule has 2 aromatic carbocycles. The van der Waals surface area contributed by atoms with E-state index >= 15 is 0 Å². The van der Waals surface area contributed by atoms with Crippen molar-refractivity contribution >= 4 is 51.6 Å². The Morgan fingerprint density at radius 1 is 1.24 bits per heavy atom. The first kappa shape index (κ1) is 21.6. The second kappa shape index (κ2) is 9.17. The van der Waals surface area contributed by atoms with Gasteiger partial charge in [-0.05, 0) is 78.0 Å². The Balaban J connectivity index is 1.86. The lowest BCUT2D eigenvalue weighted by molar-refractivity contribution is -0.123. The third-order valence-electron chi connectivity index (χ3n) is 4.22. The fourth-order valence-electron chi connectivity index (χ4n) is 2.80. The third-order valence-corrected chi connectivity index (χ3v) is 5.90. The molecule has 0 N–H and O–H groups in total. The first-order valence-electron chi connectivity index (χ1n) is 8.82. The van der Waals surface area contributed by atoms with Gasteiger partial charge in [0.05, 0.1) is 15.6 Å². The lowest BCUT2D eigenvalue weighted by atomic mass is 10.1. The lowest BCUT2D eigenvalue weighted by Gasteiger charge is -2.16. The molecule has 0 atom stereocenters. The third kappa shape index (κ3) is 4.75. The maximum absolute atomic E-state index is 13.8. The van der Waals surface area contributed by atoms with Crippen molar-refractivity contribution < 1.29 is 23.5 Å². The minimum atomic E-state index is -0.334. The Hall–Kier alpha value is -2.07. The molecule has 8 heteroatoms. The molecular formula is C21H19FINO4S. The van der Waals surface area contributed by atoms with Crippen molar-refractivity contribution in [1.82, 2.24) is 4.90 Å². The molecule has 152 valence electrons. The summed E-state index contributed by atoms with van der Waals surface area (Å²) in [6.45, 7) is 3.66. The van der Waals surface area contributed by atoms with Gasteiger partial charge < -0.3 is 9.47 Å². The molecule has 0 unspecified atom stereocenters. The molecule has 0 aromatic heterocycles. The van der Waals surface area contributed by atoms with Crippen LogP contribution in [0.15, 0.2) is 41.3 Å². The average Bonchev–Trinajstić information content (AvgIpc) is 2.95. The number of rotatable bonds is 6. The normalized spacial score (nSPS) is 15.5. The molecular weight excluding hydrogens is 508 g/mol. The van der Waals surface area contributed by atoms with Crippen LogP contribution in [0.4, 0.5) is 9.18 Å². The highest BCUT2D eigenvalue weighted by Crippen LogP contribution is 2.38. The van der Waals surface area contributed by atoms with Crippen molar-refractivity contribution in [3.05, 3.63) is 61.8 Å². The van der Waals surface area contributed by atoms with Crippen LogP contribution in [0.2, 0.25) is 0 Å². The highest BCUT2D eigenvalue weighted by Gasteiger charge is 2.36. The van der Waals surface area contributed by atoms with E-state index in [1.165, 1.54) is 18.1 Å². The summed E-state index contributed by atoms with van der Waals surface area (Å²) in [5.41, 5.74) is 1.15. The molecule has 2 amide bonds. The van der Waals surface area contributed by atoms with Crippen LogP contribution in [0.5, 0.6) is 11.5 Å². The molecule has 1 saturated heterocycles. The summed E-state index contributed by atoms with van der Waals surface area (Å²) in [7, 11) is 1.51. The second-order valence-electron chi connectivity index (χ2n) is 6.56. The van der Waals surface area contributed by atoms with E-state index in [0.29, 0.717) is 27.5 Å². The number of methoxy groups -OCH3 is 1. The number of amides is 2. The molecule has 0 bridgehead atoms. The van der Waals surface area contributed by atoms with Crippen LogP contribution in [-0.4, -0.2) is 29.2 Å². The van der Waals surface area contributed by atoms with Gasteiger partial charge in [0.1, 0.15) is 12.4 Å². The highest BCUT2D eigenvalue weighted by molar-refractivity contribution is 14.1. The number of carbonyl (C=O) groups is 2. The number of thioether (sulfide) groups is 1. The van der Waals surface area contributed by atoms with Crippen molar-refractivity contribution in [1.29, 1.82) is 0 Å². The van der Waals surface area contributed by atoms with Gasteiger partial charge in [0.25, 0.3) is 11.1 Å². The Kier molecular flexibility index (Phi) is 6.84. The standard InChI is InChI=1S/C21H19FINO4S/c1-12(2)24-20(25)18(29-21(24)26)10-13-8-16(23)19(17(9-13)27-3)28-11-14-6-4-5-7-15(14)22/h4-10,12H,11H2,1-3H3/b18-10+. The first-order valence-corrected chi connectivity index (χ1v) is 10.7. The van der Waals surface area contributed by atoms with Gasteiger partial charge in [0, 0.05) is 11.6 Å². The topological polar surface area (TPSA) is 55.8 Å². The van der Waals surface area contributed by atoms with Gasteiger partial charge in [-0.15, -0.1) is 0 Å². The summed E-state index contributed by atoms with van der Waals surface area (Å²) in [4.78, 5) is 26.2. The number of hydrogen-bond acceptors (Lipinski definition) is 5. The van der Waals surface area contributed by atoms with Gasteiger partial charge in [0.2, 0.25) is 0 Å². The number of benzene rings is 2. The monoisotopic (exact) mass is 527 g/mol. The quantitative estimate of drug-likeness (QED) is 0.369. The molecule has 0 spiro atoms. The maximum atomic E-state index is 13.8. The van der Waals surface area contributed by atoms with Crippen LogP contribution in [0, 0.1) is 9.39 Å². The number of imide groups is 1. The van der Waals surface area contributed by atoms with E-state index in [4.69, 9.17) is 9.47 Å². The summed E-state index contributed by atoms with van der Waals surface area (Å²) in [6, 6.07) is 9.76. The molecule has 5 nitrogen and oxygen atoms in total. The van der Waals surface area contributed by atoms with E-state index in [2.05, 4.69) is 22.6 Å². The van der Waals surface area contributed by atoms with Crippen LogP contribution >= 0.6 is 34.4 Å². The first-order chi connectivity index (χ1) is 13.8. The van der Waals surface area contributed by atoms with Crippen LogP contribution in [0.25, 0.3) is 6.08 Å². The molecule has 0 aliphatic carbocycles. The van der Waals surface area contributed by atoms with Crippen LogP contribution in [0.1, 0.15) is 25.0 Å². The van der Waals surface area contributed by atoms with Crippen molar-refractivity contribution in [2.45, 2.75) is 26.5 Å². The summed E-state index contributed by atoms with van der Waals surface area (Å²) in [6.07, 6.45) is 1.67. The number of carbonyl (C=O) groups excluding carboxylic acids is 2. The molecule has 1 aliphatic heterocycles. The van der Waals surface area contributed by atoms with Crippen LogP contribution in [-0.2, 0) is 11.4 Å². The molecule has 29 heavy (non-hydrogen) atoms. The maximum Gasteiger partial charge on any atom is 0.293 e. The van der Waals surface area contributed by atoms with Crippen molar-refractivity contribution in [3.63, 3.8) is 0 Å². The summed E-state index contributed by atoms with van der Waals surface area (Å²) >= 11 is 3.02. The number of hydrogen-bond donors (Lipinski definition) is 0. The Morgan fingerprint density at radius 3 is 2.59 bits per heavy atom. The minimum Gasteiger partial charge on any atom is -0.493 e. The zero-order valence-corrected chi connectivity index (χ0v) is 19.0. The SMILES string of the molecule is COc1cc(/C=C2/SC(=O)N(C(C)C)C2=O)cc(I)c1OCc1ccccc1F. The van der Waals surface area contributed by atoms with Gasteiger partial charge >= 0.3 is 0 Å². The molecule has 3 rings (SSSR count). The van der Waals surface area contributed by atoms with E-state index in [1.807, 2.05) is 6.07 Å². The van der Waals surface area contributed by atoms with Gasteiger partial charge in [-0.3, -0.25) is 14.5 Å². The van der Waals surface area contributed by atoms with E-state index in [1.54, 1.807) is 44.2 Å². The molecule has 1 heterocycles. The zero-order valence-electron chi connectivity index (χ0n) is 16.1. The van der Waals surface area contributed by atoms with Crippen molar-refractivity contribution in [2.75, 3.05) is 7.11 Å². The predicted octanol–water partition coefficient (Wildman–Crippen LogP) is 5.46. The van der Waals surface area contributed by atoms with Gasteiger partial charge in [-0.2, -0.15) is 0 Å². The van der Waals surface area contributed by atoms with E-state index in [9.17, 15) is 14.0 Å². The molecule has 1 fully saturated rings. The van der Waals surface area contributed by atoms with Crippen LogP contribution in [0.3, 0.4) is 0 Å². The van der Waals surface area contributed by atoms with E-state index in [0.717, 1.165) is 15.3 Å².